The van der Waals surface area contributed by atoms with Crippen molar-refractivity contribution in [2.45, 2.75) is 6.92 Å². The van der Waals surface area contributed by atoms with Gasteiger partial charge in [0, 0.05) is 36.8 Å². The highest BCUT2D eigenvalue weighted by molar-refractivity contribution is 6.31. The van der Waals surface area contributed by atoms with Crippen molar-refractivity contribution in [3.63, 3.8) is 0 Å². The molecule has 0 spiro atoms. The van der Waals surface area contributed by atoms with Crippen molar-refractivity contribution in [2.24, 2.45) is 0 Å². The first-order valence-corrected chi connectivity index (χ1v) is 11.1. The van der Waals surface area contributed by atoms with Crippen LogP contribution in [0.4, 0.5) is 11.4 Å². The van der Waals surface area contributed by atoms with E-state index in [1.165, 1.54) is 6.08 Å². The zero-order valence-corrected chi connectivity index (χ0v) is 19.4. The molecule has 0 aliphatic carbocycles. The predicted molar refractivity (Wildman–Crippen MR) is 133 cm³/mol. The van der Waals surface area contributed by atoms with Gasteiger partial charge < -0.3 is 19.9 Å². The number of carbonyl (C=O) groups is 2. The fourth-order valence-electron chi connectivity index (χ4n) is 3.45. The van der Waals surface area contributed by atoms with Crippen molar-refractivity contribution < 1.29 is 14.3 Å². The molecule has 3 rings (SSSR count). The van der Waals surface area contributed by atoms with Gasteiger partial charge in [0.1, 0.15) is 0 Å². The van der Waals surface area contributed by atoms with E-state index in [0.717, 1.165) is 5.69 Å². The monoisotopic (exact) mass is 465 g/mol. The molecular formula is C26H28ClN3O3. The third kappa shape index (κ3) is 6.99. The largest absolute Gasteiger partial charge is 0.488 e. The number of piperazine rings is 1. The van der Waals surface area contributed by atoms with Gasteiger partial charge in [0.15, 0.2) is 6.61 Å². The van der Waals surface area contributed by atoms with Gasteiger partial charge in [-0.05, 0) is 43.3 Å². The van der Waals surface area contributed by atoms with Crippen LogP contribution in [0.15, 0.2) is 90.2 Å². The number of rotatable bonds is 8. The molecule has 172 valence electrons. The normalized spacial score (nSPS) is 14.6. The smallest absolute Gasteiger partial charge is 0.262 e. The molecule has 0 atom stereocenters. The summed E-state index contributed by atoms with van der Waals surface area (Å²) in [4.78, 5) is 29.2. The van der Waals surface area contributed by atoms with Gasteiger partial charge in [-0.15, -0.1) is 0 Å². The minimum absolute atomic E-state index is 0.0432. The van der Waals surface area contributed by atoms with E-state index in [1.807, 2.05) is 59.5 Å². The number of anilines is 2. The van der Waals surface area contributed by atoms with Crippen LogP contribution >= 0.6 is 11.6 Å². The molecular weight excluding hydrogens is 438 g/mol. The average Bonchev–Trinajstić information content (AvgIpc) is 2.86. The van der Waals surface area contributed by atoms with E-state index in [9.17, 15) is 9.59 Å². The number of ether oxygens (including phenoxy) is 1. The summed E-state index contributed by atoms with van der Waals surface area (Å²) in [5, 5.41) is 3.42. The number of nitrogens with one attached hydrogen (secondary N) is 1. The molecule has 7 heteroatoms. The van der Waals surface area contributed by atoms with Crippen molar-refractivity contribution in [2.75, 3.05) is 43.0 Å². The lowest BCUT2D eigenvalue weighted by molar-refractivity contribution is -0.119. The number of benzene rings is 2. The summed E-state index contributed by atoms with van der Waals surface area (Å²) in [7, 11) is 0. The summed E-state index contributed by atoms with van der Waals surface area (Å²) in [5.74, 6) is 0.353. The Balaban J connectivity index is 1.57. The lowest BCUT2D eigenvalue weighted by atomic mass is 10.1. The van der Waals surface area contributed by atoms with Crippen LogP contribution in [-0.4, -0.2) is 49.5 Å². The minimum Gasteiger partial charge on any atom is -0.488 e. The molecule has 1 aliphatic heterocycles. The van der Waals surface area contributed by atoms with Crippen LogP contribution in [0.5, 0.6) is 0 Å². The van der Waals surface area contributed by atoms with Crippen molar-refractivity contribution in [1.29, 1.82) is 0 Å². The minimum atomic E-state index is -0.258. The molecule has 33 heavy (non-hydrogen) atoms. The molecule has 0 bridgehead atoms. The summed E-state index contributed by atoms with van der Waals surface area (Å²) in [6.07, 6.45) is 4.85. The fraction of sp³-hybridized carbons (Fsp3) is 0.231. The number of carbonyl (C=O) groups excluding carboxylic acids is 2. The van der Waals surface area contributed by atoms with Crippen LogP contribution in [-0.2, 0) is 9.53 Å². The Hall–Kier alpha value is -3.51. The van der Waals surface area contributed by atoms with E-state index in [0.29, 0.717) is 48.2 Å². The van der Waals surface area contributed by atoms with Crippen LogP contribution in [0, 0.1) is 0 Å². The zero-order valence-electron chi connectivity index (χ0n) is 18.7. The Morgan fingerprint density at radius 2 is 1.70 bits per heavy atom. The average molecular weight is 466 g/mol. The van der Waals surface area contributed by atoms with Crippen molar-refractivity contribution in [1.82, 2.24) is 4.90 Å². The van der Waals surface area contributed by atoms with E-state index in [-0.39, 0.29) is 18.4 Å². The van der Waals surface area contributed by atoms with Crippen molar-refractivity contribution >= 4 is 34.8 Å². The molecule has 6 nitrogen and oxygen atoms in total. The SMILES string of the molecule is C=C/C(Cl)=C\C=C(/C)OCC(=O)Nc1ccccc1N1CCN(C(=O)c2ccccc2)CC1. The zero-order chi connectivity index (χ0) is 23.6. The van der Waals surface area contributed by atoms with Crippen LogP contribution < -0.4 is 10.2 Å². The third-order valence-electron chi connectivity index (χ3n) is 5.21. The molecule has 1 N–H and O–H groups in total. The molecule has 1 heterocycles. The fourth-order valence-corrected chi connectivity index (χ4v) is 3.51. The summed E-state index contributed by atoms with van der Waals surface area (Å²) >= 11 is 5.87. The van der Waals surface area contributed by atoms with E-state index in [1.54, 1.807) is 19.1 Å². The van der Waals surface area contributed by atoms with Gasteiger partial charge in [0.05, 0.1) is 17.1 Å². The first-order chi connectivity index (χ1) is 16.0. The van der Waals surface area contributed by atoms with Gasteiger partial charge in [-0.1, -0.05) is 54.6 Å². The Morgan fingerprint density at radius 3 is 2.39 bits per heavy atom. The van der Waals surface area contributed by atoms with Crippen molar-refractivity contribution in [3.05, 3.63) is 95.8 Å². The molecule has 1 saturated heterocycles. The topological polar surface area (TPSA) is 61.9 Å². The van der Waals surface area contributed by atoms with Gasteiger partial charge >= 0.3 is 0 Å². The number of para-hydroxylation sites is 2. The Morgan fingerprint density at radius 1 is 1.03 bits per heavy atom. The van der Waals surface area contributed by atoms with Gasteiger partial charge in [-0.3, -0.25) is 9.59 Å². The Bertz CT molecular complexity index is 1040. The quantitative estimate of drug-likeness (QED) is 0.448. The highest BCUT2D eigenvalue weighted by Gasteiger charge is 2.23. The summed E-state index contributed by atoms with van der Waals surface area (Å²) in [6, 6.07) is 17.0. The molecule has 0 unspecified atom stereocenters. The Labute approximate surface area is 199 Å². The molecule has 2 amide bonds. The van der Waals surface area contributed by atoms with Crippen LogP contribution in [0.25, 0.3) is 0 Å². The lowest BCUT2D eigenvalue weighted by Gasteiger charge is -2.37. The third-order valence-corrected chi connectivity index (χ3v) is 5.49. The maximum absolute atomic E-state index is 12.7. The molecule has 1 fully saturated rings. The van der Waals surface area contributed by atoms with Crippen LogP contribution in [0.3, 0.4) is 0 Å². The number of hydrogen-bond acceptors (Lipinski definition) is 4. The highest BCUT2D eigenvalue weighted by atomic mass is 35.5. The predicted octanol–water partition coefficient (Wildman–Crippen LogP) is 4.82. The van der Waals surface area contributed by atoms with E-state index < -0.39 is 0 Å². The molecule has 2 aromatic rings. The molecule has 0 saturated carbocycles. The number of halogens is 1. The molecule has 0 radical (unpaired) electrons. The maximum Gasteiger partial charge on any atom is 0.262 e. The Kier molecular flexibility index (Phi) is 8.72. The maximum atomic E-state index is 12.7. The first kappa shape index (κ1) is 24.1. The molecule has 1 aliphatic rings. The summed E-state index contributed by atoms with van der Waals surface area (Å²) in [5.41, 5.74) is 2.33. The van der Waals surface area contributed by atoms with Crippen LogP contribution in [0.2, 0.25) is 0 Å². The van der Waals surface area contributed by atoms with Gasteiger partial charge in [-0.25, -0.2) is 0 Å². The number of amides is 2. The van der Waals surface area contributed by atoms with Crippen molar-refractivity contribution in [3.8, 4) is 0 Å². The highest BCUT2D eigenvalue weighted by Crippen LogP contribution is 2.27. The standard InChI is InChI=1S/C26H28ClN3O3/c1-3-22(27)14-13-20(2)33-19-25(31)28-23-11-7-8-12-24(23)29-15-17-30(18-16-29)26(32)21-9-5-4-6-10-21/h3-14H,1,15-19H2,2H3,(H,28,31)/b20-13+,22-14+. The van der Waals surface area contributed by atoms with Gasteiger partial charge in [0.2, 0.25) is 0 Å². The molecule has 2 aromatic carbocycles. The second-order valence-electron chi connectivity index (χ2n) is 7.53. The number of nitrogens with zero attached hydrogens (tertiary/aromatic N) is 2. The lowest BCUT2D eigenvalue weighted by Crippen LogP contribution is -2.49. The number of hydrogen-bond donors (Lipinski definition) is 1. The van der Waals surface area contributed by atoms with Crippen LogP contribution in [0.1, 0.15) is 17.3 Å². The van der Waals surface area contributed by atoms with Gasteiger partial charge in [0.25, 0.3) is 11.8 Å². The second-order valence-corrected chi connectivity index (χ2v) is 7.97. The summed E-state index contributed by atoms with van der Waals surface area (Å²) < 4.78 is 5.49. The van der Waals surface area contributed by atoms with E-state index in [2.05, 4.69) is 16.8 Å². The van der Waals surface area contributed by atoms with Gasteiger partial charge in [-0.2, -0.15) is 0 Å². The first-order valence-electron chi connectivity index (χ1n) is 10.8. The number of allylic oxidation sites excluding steroid dienone is 5. The second kappa shape index (κ2) is 11.9. The molecule has 0 aromatic heterocycles. The van der Waals surface area contributed by atoms with E-state index >= 15 is 0 Å². The van der Waals surface area contributed by atoms with E-state index in [4.69, 9.17) is 16.3 Å². The summed E-state index contributed by atoms with van der Waals surface area (Å²) in [6.45, 7) is 7.80.